The van der Waals surface area contributed by atoms with E-state index in [0.717, 1.165) is 22.4 Å². The zero-order valence-electron chi connectivity index (χ0n) is 12.5. The van der Waals surface area contributed by atoms with Crippen molar-refractivity contribution in [1.82, 2.24) is 4.90 Å². The van der Waals surface area contributed by atoms with Crippen molar-refractivity contribution in [1.29, 1.82) is 0 Å². The first kappa shape index (κ1) is 17.1. The minimum atomic E-state index is -0.350. The van der Waals surface area contributed by atoms with Crippen LogP contribution in [0.5, 0.6) is 0 Å². The number of amides is 1. The molecule has 1 heterocycles. The molecule has 1 aromatic carbocycles. The lowest BCUT2D eigenvalue weighted by Crippen LogP contribution is -2.32. The third-order valence-corrected chi connectivity index (χ3v) is 4.90. The molecule has 22 heavy (non-hydrogen) atoms. The maximum Gasteiger partial charge on any atom is 0.238 e. The first-order chi connectivity index (χ1) is 10.5. The average molecular weight is 385 g/mol. The number of nitrogens with one attached hydrogen (secondary N) is 1. The van der Waals surface area contributed by atoms with E-state index in [2.05, 4.69) is 21.2 Å². The van der Waals surface area contributed by atoms with Crippen LogP contribution in [0.1, 0.15) is 17.4 Å². The predicted octanol–water partition coefficient (Wildman–Crippen LogP) is 4.42. The highest BCUT2D eigenvalue weighted by Crippen LogP contribution is 2.23. The highest BCUT2D eigenvalue weighted by Gasteiger charge is 2.12. The van der Waals surface area contributed by atoms with Crippen molar-refractivity contribution in [3.05, 3.63) is 50.4 Å². The number of thiophene rings is 1. The second-order valence-electron chi connectivity index (χ2n) is 5.02. The molecule has 0 spiro atoms. The zero-order chi connectivity index (χ0) is 16.1. The predicted molar refractivity (Wildman–Crippen MR) is 92.7 cm³/mol. The lowest BCUT2D eigenvalue weighted by molar-refractivity contribution is -0.117. The Kier molecular flexibility index (Phi) is 6.11. The Labute approximate surface area is 142 Å². The number of carbonyl (C=O) groups excluding carboxylic acids is 1. The first-order valence-electron chi connectivity index (χ1n) is 7.00. The van der Waals surface area contributed by atoms with Crippen LogP contribution in [0.15, 0.2) is 34.1 Å². The van der Waals surface area contributed by atoms with E-state index in [1.165, 1.54) is 17.0 Å². The number of rotatable bonds is 6. The Morgan fingerprint density at radius 1 is 1.36 bits per heavy atom. The van der Waals surface area contributed by atoms with Crippen molar-refractivity contribution >= 4 is 38.9 Å². The fourth-order valence-corrected chi connectivity index (χ4v) is 3.58. The Morgan fingerprint density at radius 3 is 2.77 bits per heavy atom. The molecule has 6 heteroatoms. The molecule has 0 fully saturated rings. The molecule has 118 valence electrons. The topological polar surface area (TPSA) is 32.3 Å². The van der Waals surface area contributed by atoms with Gasteiger partial charge < -0.3 is 5.32 Å². The largest absolute Gasteiger partial charge is 0.325 e. The van der Waals surface area contributed by atoms with Gasteiger partial charge in [-0.25, -0.2) is 4.39 Å². The van der Waals surface area contributed by atoms with Gasteiger partial charge in [-0.2, -0.15) is 0 Å². The van der Waals surface area contributed by atoms with E-state index < -0.39 is 0 Å². The van der Waals surface area contributed by atoms with Crippen molar-refractivity contribution in [2.75, 3.05) is 18.4 Å². The van der Waals surface area contributed by atoms with Gasteiger partial charge in [0, 0.05) is 17.1 Å². The van der Waals surface area contributed by atoms with Crippen molar-refractivity contribution < 1.29 is 9.18 Å². The number of hydrogen-bond acceptors (Lipinski definition) is 3. The van der Waals surface area contributed by atoms with Gasteiger partial charge in [0.1, 0.15) is 5.82 Å². The van der Waals surface area contributed by atoms with E-state index >= 15 is 0 Å². The van der Waals surface area contributed by atoms with Gasteiger partial charge in [-0.15, -0.1) is 11.3 Å². The van der Waals surface area contributed by atoms with Crippen LogP contribution in [-0.4, -0.2) is 23.9 Å². The molecule has 1 amide bonds. The Balaban J connectivity index is 1.95. The smallest absolute Gasteiger partial charge is 0.238 e. The molecular weight excluding hydrogens is 367 g/mol. The third-order valence-electron chi connectivity index (χ3n) is 3.30. The molecule has 0 bridgehead atoms. The summed E-state index contributed by atoms with van der Waals surface area (Å²) in [6.45, 7) is 5.63. The van der Waals surface area contributed by atoms with Gasteiger partial charge in [0.25, 0.3) is 0 Å². The highest BCUT2D eigenvalue weighted by molar-refractivity contribution is 9.11. The lowest BCUT2D eigenvalue weighted by Gasteiger charge is -2.19. The highest BCUT2D eigenvalue weighted by atomic mass is 79.9. The minimum Gasteiger partial charge on any atom is -0.325 e. The SMILES string of the molecule is CCN(CC(=O)Nc1cc(F)ccc1C)Cc1ccc(Br)s1. The minimum absolute atomic E-state index is 0.133. The number of halogens is 2. The molecule has 0 atom stereocenters. The van der Waals surface area contributed by atoms with E-state index in [9.17, 15) is 9.18 Å². The standard InChI is InChI=1S/C16H18BrFN2OS/c1-3-20(9-13-6-7-15(17)22-13)10-16(21)19-14-8-12(18)5-4-11(14)2/h4-8H,3,9-10H2,1-2H3,(H,19,21). The van der Waals surface area contributed by atoms with Crippen LogP contribution in [0.25, 0.3) is 0 Å². The van der Waals surface area contributed by atoms with E-state index in [4.69, 9.17) is 0 Å². The van der Waals surface area contributed by atoms with Gasteiger partial charge in [0.2, 0.25) is 5.91 Å². The Morgan fingerprint density at radius 2 is 2.14 bits per heavy atom. The molecule has 1 N–H and O–H groups in total. The second kappa shape index (κ2) is 7.85. The average Bonchev–Trinajstić information content (AvgIpc) is 2.87. The van der Waals surface area contributed by atoms with Crippen molar-refractivity contribution in [2.24, 2.45) is 0 Å². The number of carbonyl (C=O) groups is 1. The molecule has 2 rings (SSSR count). The summed E-state index contributed by atoms with van der Waals surface area (Å²) in [4.78, 5) is 15.4. The van der Waals surface area contributed by atoms with E-state index in [0.29, 0.717) is 5.69 Å². The fourth-order valence-electron chi connectivity index (χ4n) is 2.06. The molecule has 0 aliphatic carbocycles. The summed E-state index contributed by atoms with van der Waals surface area (Å²) in [7, 11) is 0. The van der Waals surface area contributed by atoms with Crippen LogP contribution in [0.4, 0.5) is 10.1 Å². The van der Waals surface area contributed by atoms with Crippen LogP contribution in [-0.2, 0) is 11.3 Å². The Hall–Kier alpha value is -1.24. The zero-order valence-corrected chi connectivity index (χ0v) is 14.9. The molecule has 0 saturated carbocycles. The first-order valence-corrected chi connectivity index (χ1v) is 8.61. The molecule has 3 nitrogen and oxygen atoms in total. The molecule has 0 radical (unpaired) electrons. The molecule has 0 aliphatic heterocycles. The van der Waals surface area contributed by atoms with Gasteiger partial charge in [0.05, 0.1) is 10.3 Å². The summed E-state index contributed by atoms with van der Waals surface area (Å²) < 4.78 is 14.3. The maximum absolute atomic E-state index is 13.3. The van der Waals surface area contributed by atoms with Crippen LogP contribution < -0.4 is 5.32 Å². The van der Waals surface area contributed by atoms with Crippen LogP contribution in [0.2, 0.25) is 0 Å². The molecule has 1 aromatic heterocycles. The summed E-state index contributed by atoms with van der Waals surface area (Å²) in [5.41, 5.74) is 1.37. The van der Waals surface area contributed by atoms with Crippen molar-refractivity contribution in [3.8, 4) is 0 Å². The van der Waals surface area contributed by atoms with Crippen LogP contribution >= 0.6 is 27.3 Å². The summed E-state index contributed by atoms with van der Waals surface area (Å²) in [6, 6.07) is 8.44. The lowest BCUT2D eigenvalue weighted by atomic mass is 10.2. The van der Waals surface area contributed by atoms with Gasteiger partial charge in [0.15, 0.2) is 0 Å². The third kappa shape index (κ3) is 4.90. The van der Waals surface area contributed by atoms with Gasteiger partial charge in [-0.1, -0.05) is 13.0 Å². The number of benzene rings is 1. The maximum atomic E-state index is 13.3. The molecular formula is C16H18BrFN2OS. The van der Waals surface area contributed by atoms with E-state index in [1.54, 1.807) is 17.4 Å². The summed E-state index contributed by atoms with van der Waals surface area (Å²) in [6.07, 6.45) is 0. The quantitative estimate of drug-likeness (QED) is 0.799. The molecule has 2 aromatic rings. The normalized spacial score (nSPS) is 11.0. The number of hydrogen-bond donors (Lipinski definition) is 1. The molecule has 0 saturated heterocycles. The number of nitrogens with zero attached hydrogens (tertiary/aromatic N) is 1. The van der Waals surface area contributed by atoms with Crippen molar-refractivity contribution in [3.63, 3.8) is 0 Å². The van der Waals surface area contributed by atoms with Gasteiger partial charge in [-0.3, -0.25) is 9.69 Å². The number of anilines is 1. The van der Waals surface area contributed by atoms with Gasteiger partial charge in [-0.05, 0) is 59.2 Å². The van der Waals surface area contributed by atoms with Crippen LogP contribution in [0, 0.1) is 12.7 Å². The Bertz CT molecular complexity index is 659. The van der Waals surface area contributed by atoms with E-state index in [-0.39, 0.29) is 18.3 Å². The summed E-state index contributed by atoms with van der Waals surface area (Å²) >= 11 is 5.10. The second-order valence-corrected chi connectivity index (χ2v) is 7.56. The number of likely N-dealkylation sites (N-methyl/N-ethyl adjacent to an activating group) is 1. The fraction of sp³-hybridized carbons (Fsp3) is 0.312. The summed E-state index contributed by atoms with van der Waals surface area (Å²) in [5.74, 6) is -0.483. The van der Waals surface area contributed by atoms with Crippen molar-refractivity contribution in [2.45, 2.75) is 20.4 Å². The van der Waals surface area contributed by atoms with Gasteiger partial charge >= 0.3 is 0 Å². The van der Waals surface area contributed by atoms with Crippen LogP contribution in [0.3, 0.4) is 0 Å². The van der Waals surface area contributed by atoms with E-state index in [1.807, 2.05) is 30.9 Å². The summed E-state index contributed by atoms with van der Waals surface area (Å²) in [5, 5.41) is 2.78. The molecule has 0 aliphatic rings. The number of aryl methyl sites for hydroxylation is 1. The molecule has 0 unspecified atom stereocenters. The monoisotopic (exact) mass is 384 g/mol.